The van der Waals surface area contributed by atoms with Crippen LogP contribution < -0.4 is 21.3 Å². The fourth-order valence-electron chi connectivity index (χ4n) is 5.29. The van der Waals surface area contributed by atoms with Gasteiger partial charge in [-0.2, -0.15) is 0 Å². The number of amides is 4. The van der Waals surface area contributed by atoms with Crippen molar-refractivity contribution in [1.82, 2.24) is 16.0 Å². The molecule has 0 saturated carbocycles. The van der Waals surface area contributed by atoms with Crippen LogP contribution in [0.25, 0.3) is 11.1 Å². The van der Waals surface area contributed by atoms with Crippen molar-refractivity contribution in [2.75, 3.05) is 32.7 Å². The van der Waals surface area contributed by atoms with E-state index in [1.165, 1.54) is 21.1 Å². The number of rotatable bonds is 14. The summed E-state index contributed by atoms with van der Waals surface area (Å²) in [6.45, 7) is 1.22. The molecular formula is C35H38N4O9. The van der Waals surface area contributed by atoms with Crippen molar-refractivity contribution in [1.29, 1.82) is 0 Å². The van der Waals surface area contributed by atoms with E-state index >= 15 is 0 Å². The van der Waals surface area contributed by atoms with Crippen LogP contribution in [0.1, 0.15) is 42.4 Å². The summed E-state index contributed by atoms with van der Waals surface area (Å²) in [5, 5.41) is 10.1. The number of ether oxygens (including phenoxy) is 3. The molecule has 0 aliphatic heterocycles. The lowest BCUT2D eigenvalue weighted by atomic mass is 9.98. The van der Waals surface area contributed by atoms with Gasteiger partial charge in [0.1, 0.15) is 25.2 Å². The number of nitrogens with one attached hydrogen (secondary N) is 4. The Bertz CT molecular complexity index is 1610. The highest BCUT2D eigenvalue weighted by molar-refractivity contribution is 5.94. The van der Waals surface area contributed by atoms with Gasteiger partial charge in [-0.15, -0.1) is 0 Å². The van der Waals surface area contributed by atoms with E-state index in [9.17, 15) is 28.8 Å². The van der Waals surface area contributed by atoms with Crippen LogP contribution in [-0.2, 0) is 44.6 Å². The summed E-state index contributed by atoms with van der Waals surface area (Å²) in [5.41, 5.74) is 5.48. The highest BCUT2D eigenvalue weighted by Crippen LogP contribution is 2.44. The SMILES string of the molecule is COC(=O)CNC(=O)C(C)NC(=O)CCC(=O)Nc1ccc(C[C@H](NC(=O)OCC2c3ccccc3-c3ccccc32)C(=O)OC)cc1. The molecule has 13 nitrogen and oxygen atoms in total. The number of methoxy groups -OCH3 is 2. The van der Waals surface area contributed by atoms with Crippen LogP contribution in [0.5, 0.6) is 0 Å². The first-order chi connectivity index (χ1) is 23.1. The van der Waals surface area contributed by atoms with Crippen LogP contribution in [0.2, 0.25) is 0 Å². The van der Waals surface area contributed by atoms with E-state index in [-0.39, 0.29) is 38.3 Å². The van der Waals surface area contributed by atoms with Gasteiger partial charge in [0.2, 0.25) is 17.7 Å². The molecule has 0 saturated heterocycles. The normalized spacial score (nSPS) is 12.7. The maximum atomic E-state index is 12.8. The van der Waals surface area contributed by atoms with Crippen molar-refractivity contribution in [2.45, 2.75) is 44.2 Å². The van der Waals surface area contributed by atoms with Gasteiger partial charge in [0, 0.05) is 30.9 Å². The first-order valence-corrected chi connectivity index (χ1v) is 15.3. The van der Waals surface area contributed by atoms with E-state index in [1.807, 2.05) is 48.5 Å². The summed E-state index contributed by atoms with van der Waals surface area (Å²) in [4.78, 5) is 73.1. The summed E-state index contributed by atoms with van der Waals surface area (Å²) in [6.07, 6.45) is -0.952. The molecule has 1 aliphatic carbocycles. The fourth-order valence-corrected chi connectivity index (χ4v) is 5.29. The minimum absolute atomic E-state index is 0.0925. The third-order valence-corrected chi connectivity index (χ3v) is 7.78. The van der Waals surface area contributed by atoms with Gasteiger partial charge in [-0.25, -0.2) is 9.59 Å². The van der Waals surface area contributed by atoms with Crippen LogP contribution >= 0.6 is 0 Å². The molecule has 0 fully saturated rings. The van der Waals surface area contributed by atoms with Crippen molar-refractivity contribution in [3.05, 3.63) is 89.5 Å². The molecule has 3 aromatic carbocycles. The molecule has 3 aromatic rings. The highest BCUT2D eigenvalue weighted by Gasteiger charge is 2.30. The first kappa shape index (κ1) is 35.1. The number of carbonyl (C=O) groups is 6. The number of hydrogen-bond acceptors (Lipinski definition) is 9. The number of anilines is 1. The Labute approximate surface area is 277 Å². The maximum Gasteiger partial charge on any atom is 0.407 e. The van der Waals surface area contributed by atoms with Gasteiger partial charge in [-0.1, -0.05) is 60.7 Å². The molecule has 0 spiro atoms. The Morgan fingerprint density at radius 1 is 0.750 bits per heavy atom. The van der Waals surface area contributed by atoms with Crippen LogP contribution in [-0.4, -0.2) is 75.2 Å². The summed E-state index contributed by atoms with van der Waals surface area (Å²) < 4.78 is 14.9. The quantitative estimate of drug-likeness (QED) is 0.150. The monoisotopic (exact) mass is 658 g/mol. The predicted octanol–water partition coefficient (Wildman–Crippen LogP) is 2.82. The standard InChI is InChI=1S/C35H38N4O9/c1-21(33(43)36-19-32(42)46-2)37-30(40)16-17-31(41)38-23-14-12-22(13-15-23)18-29(34(44)47-3)39-35(45)48-20-28-26-10-6-4-8-24(26)25-9-5-7-11-27(25)28/h4-15,21,28-29H,16-20H2,1-3H3,(H,36,43)(H,37,40)(H,38,41)(H,39,45)/t21?,29-/m0/s1. The minimum atomic E-state index is -1.02. The lowest BCUT2D eigenvalue weighted by Gasteiger charge is -2.19. The topological polar surface area (TPSA) is 178 Å². The Morgan fingerprint density at radius 2 is 1.35 bits per heavy atom. The zero-order valence-corrected chi connectivity index (χ0v) is 26.9. The van der Waals surface area contributed by atoms with E-state index < -0.39 is 47.8 Å². The largest absolute Gasteiger partial charge is 0.468 e. The van der Waals surface area contributed by atoms with E-state index in [0.717, 1.165) is 22.3 Å². The number of alkyl carbamates (subject to hydrolysis) is 1. The fraction of sp³-hybridized carbons (Fsp3) is 0.314. The third-order valence-electron chi connectivity index (χ3n) is 7.78. The van der Waals surface area contributed by atoms with Gasteiger partial charge in [-0.05, 0) is 46.9 Å². The van der Waals surface area contributed by atoms with Crippen molar-refractivity contribution >= 4 is 41.4 Å². The van der Waals surface area contributed by atoms with Gasteiger partial charge in [-0.3, -0.25) is 19.2 Å². The Kier molecular flexibility index (Phi) is 12.2. The summed E-state index contributed by atoms with van der Waals surface area (Å²) in [5.74, 6) is -2.91. The smallest absolute Gasteiger partial charge is 0.407 e. The summed E-state index contributed by atoms with van der Waals surface area (Å²) >= 11 is 0. The number of benzene rings is 3. The molecule has 1 unspecified atom stereocenters. The molecule has 48 heavy (non-hydrogen) atoms. The zero-order chi connectivity index (χ0) is 34.6. The molecule has 2 atom stereocenters. The number of fused-ring (bicyclic) bond motifs is 3. The maximum absolute atomic E-state index is 12.8. The average molecular weight is 659 g/mol. The number of esters is 2. The third kappa shape index (κ3) is 9.41. The lowest BCUT2D eigenvalue weighted by Crippen LogP contribution is -2.46. The van der Waals surface area contributed by atoms with Crippen LogP contribution in [0.15, 0.2) is 72.8 Å². The van der Waals surface area contributed by atoms with Crippen molar-refractivity contribution in [3.63, 3.8) is 0 Å². The molecule has 0 heterocycles. The minimum Gasteiger partial charge on any atom is -0.468 e. The molecule has 4 N–H and O–H groups in total. The predicted molar refractivity (Wildman–Crippen MR) is 175 cm³/mol. The van der Waals surface area contributed by atoms with Crippen LogP contribution in [0.3, 0.4) is 0 Å². The first-order valence-electron chi connectivity index (χ1n) is 15.3. The van der Waals surface area contributed by atoms with Gasteiger partial charge in [0.15, 0.2) is 0 Å². The van der Waals surface area contributed by atoms with Crippen molar-refractivity contribution in [3.8, 4) is 11.1 Å². The van der Waals surface area contributed by atoms with Gasteiger partial charge < -0.3 is 35.5 Å². The van der Waals surface area contributed by atoms with Gasteiger partial charge in [0.25, 0.3) is 0 Å². The molecule has 252 valence electrons. The molecule has 4 amide bonds. The number of carbonyl (C=O) groups excluding carboxylic acids is 6. The number of hydrogen-bond donors (Lipinski definition) is 4. The van der Waals surface area contributed by atoms with Gasteiger partial charge in [0.05, 0.1) is 14.2 Å². The second-order valence-corrected chi connectivity index (χ2v) is 11.1. The lowest BCUT2D eigenvalue weighted by molar-refractivity contribution is -0.143. The average Bonchev–Trinajstić information content (AvgIpc) is 3.42. The van der Waals surface area contributed by atoms with Crippen LogP contribution in [0, 0.1) is 0 Å². The molecule has 0 aromatic heterocycles. The zero-order valence-electron chi connectivity index (χ0n) is 26.9. The molecule has 4 rings (SSSR count). The van der Waals surface area contributed by atoms with E-state index in [2.05, 4.69) is 26.0 Å². The summed E-state index contributed by atoms with van der Waals surface area (Å²) in [6, 6.07) is 20.7. The van der Waals surface area contributed by atoms with Crippen LogP contribution in [0.4, 0.5) is 10.5 Å². The highest BCUT2D eigenvalue weighted by atomic mass is 16.6. The molecule has 0 bridgehead atoms. The van der Waals surface area contributed by atoms with E-state index in [4.69, 9.17) is 9.47 Å². The Morgan fingerprint density at radius 3 is 1.96 bits per heavy atom. The Hall–Kier alpha value is -5.72. The van der Waals surface area contributed by atoms with E-state index in [0.29, 0.717) is 11.3 Å². The van der Waals surface area contributed by atoms with Crippen molar-refractivity contribution in [2.24, 2.45) is 0 Å². The molecule has 1 aliphatic rings. The molecular weight excluding hydrogens is 620 g/mol. The second kappa shape index (κ2) is 16.7. The second-order valence-electron chi connectivity index (χ2n) is 11.1. The Balaban J connectivity index is 1.24. The van der Waals surface area contributed by atoms with E-state index in [1.54, 1.807) is 24.3 Å². The summed E-state index contributed by atoms with van der Waals surface area (Å²) in [7, 11) is 2.42. The molecule has 0 radical (unpaired) electrons. The van der Waals surface area contributed by atoms with Crippen molar-refractivity contribution < 1.29 is 43.0 Å². The molecule has 13 heteroatoms. The van der Waals surface area contributed by atoms with Gasteiger partial charge >= 0.3 is 18.0 Å².